The van der Waals surface area contributed by atoms with Gasteiger partial charge in [0.05, 0.1) is 15.3 Å². The van der Waals surface area contributed by atoms with Crippen molar-refractivity contribution in [3.63, 3.8) is 0 Å². The number of piperidine rings is 1. The largest absolute Gasteiger partial charge is 0.481 e. The molecule has 1 aliphatic heterocycles. The molecule has 202 valence electrons. The Kier molecular flexibility index (Phi) is 8.18. The van der Waals surface area contributed by atoms with E-state index < -0.39 is 5.41 Å². The highest BCUT2D eigenvalue weighted by molar-refractivity contribution is 7.18. The predicted molar refractivity (Wildman–Crippen MR) is 162 cm³/mol. The third-order valence-corrected chi connectivity index (χ3v) is 9.01. The maximum absolute atomic E-state index is 13.8. The van der Waals surface area contributed by atoms with Crippen LogP contribution < -0.4 is 10.5 Å². The van der Waals surface area contributed by atoms with Crippen molar-refractivity contribution in [2.75, 3.05) is 19.7 Å². The molecule has 8 heteroatoms. The lowest BCUT2D eigenvalue weighted by Crippen LogP contribution is -2.51. The molecular weight excluding hydrogens is 563 g/mol. The Balaban J connectivity index is 1.46. The average molecular weight is 590 g/mol. The molecule has 1 saturated heterocycles. The zero-order chi connectivity index (χ0) is 28.3. The van der Waals surface area contributed by atoms with Crippen LogP contribution in [0.5, 0.6) is 5.75 Å². The summed E-state index contributed by atoms with van der Waals surface area (Å²) >= 11 is 14.2. The summed E-state index contributed by atoms with van der Waals surface area (Å²) in [6.45, 7) is 1.02. The number of likely N-dealkylation sites (tertiary alicyclic amines) is 1. The number of amides is 2. The van der Waals surface area contributed by atoms with E-state index in [9.17, 15) is 9.59 Å². The van der Waals surface area contributed by atoms with Gasteiger partial charge in [0, 0.05) is 34.1 Å². The molecule has 2 N–H and O–H groups in total. The number of halogens is 2. The summed E-state index contributed by atoms with van der Waals surface area (Å²) < 4.78 is 5.52. The lowest BCUT2D eigenvalue weighted by molar-refractivity contribution is -0.125. The molecule has 0 saturated carbocycles. The number of rotatable bonds is 7. The summed E-state index contributed by atoms with van der Waals surface area (Å²) in [5.74, 6) is 2.66. The molecule has 0 aliphatic carbocycles. The second-order valence-electron chi connectivity index (χ2n) is 9.60. The molecule has 2 amide bonds. The first-order valence-corrected chi connectivity index (χ1v) is 14.3. The smallest absolute Gasteiger partial charge is 0.263 e. The molecule has 0 spiro atoms. The molecule has 4 aromatic rings. The van der Waals surface area contributed by atoms with Crippen molar-refractivity contribution in [3.05, 3.63) is 99.3 Å². The van der Waals surface area contributed by atoms with Crippen LogP contribution in [-0.2, 0) is 10.2 Å². The van der Waals surface area contributed by atoms with E-state index in [1.165, 1.54) is 11.3 Å². The monoisotopic (exact) mass is 588 g/mol. The van der Waals surface area contributed by atoms with Gasteiger partial charge in [-0.25, -0.2) is 0 Å². The van der Waals surface area contributed by atoms with Gasteiger partial charge in [-0.3, -0.25) is 9.59 Å². The zero-order valence-corrected chi connectivity index (χ0v) is 23.9. The number of thiophene rings is 1. The number of primary amides is 1. The molecule has 1 aromatic heterocycles. The van der Waals surface area contributed by atoms with Gasteiger partial charge in [-0.05, 0) is 54.3 Å². The molecule has 1 fully saturated rings. The standard InChI is InChI=1S/C32H26Cl2N2O3S/c1-2-18-39-24-11-8-21(9-12-24)26-20-28(40-29(26)25-13-10-23(33)19-27(25)34)30(37)36-16-14-32(15-17-36,31(35)38)22-6-4-3-5-7-22/h1,3-13,19-20H,14-18H2,(H2,35,38). The summed E-state index contributed by atoms with van der Waals surface area (Å²) in [6, 6.07) is 24.4. The van der Waals surface area contributed by atoms with Crippen LogP contribution >= 0.6 is 34.5 Å². The number of nitrogens with zero attached hydrogens (tertiary/aromatic N) is 1. The van der Waals surface area contributed by atoms with E-state index in [-0.39, 0.29) is 18.4 Å². The number of carbonyl (C=O) groups is 2. The van der Waals surface area contributed by atoms with Crippen LogP contribution in [0.1, 0.15) is 28.1 Å². The molecule has 0 radical (unpaired) electrons. The highest BCUT2D eigenvalue weighted by Gasteiger charge is 2.42. The van der Waals surface area contributed by atoms with Crippen LogP contribution in [0, 0.1) is 12.3 Å². The van der Waals surface area contributed by atoms with E-state index in [4.69, 9.17) is 40.1 Å². The van der Waals surface area contributed by atoms with Crippen molar-refractivity contribution in [2.24, 2.45) is 5.73 Å². The Morgan fingerprint density at radius 1 is 0.975 bits per heavy atom. The van der Waals surface area contributed by atoms with Crippen LogP contribution in [0.15, 0.2) is 78.9 Å². The quantitative estimate of drug-likeness (QED) is 0.235. The molecule has 0 bridgehead atoms. The van der Waals surface area contributed by atoms with Crippen LogP contribution in [0.3, 0.4) is 0 Å². The Hall–Kier alpha value is -3.76. The van der Waals surface area contributed by atoms with Crippen molar-refractivity contribution < 1.29 is 14.3 Å². The summed E-state index contributed by atoms with van der Waals surface area (Å²) in [4.78, 5) is 29.6. The van der Waals surface area contributed by atoms with Gasteiger partial charge in [0.15, 0.2) is 0 Å². The van der Waals surface area contributed by atoms with Gasteiger partial charge in [-0.1, -0.05) is 77.7 Å². The zero-order valence-electron chi connectivity index (χ0n) is 21.5. The minimum absolute atomic E-state index is 0.0947. The van der Waals surface area contributed by atoms with Crippen molar-refractivity contribution in [1.29, 1.82) is 0 Å². The summed E-state index contributed by atoms with van der Waals surface area (Å²) in [6.07, 6.45) is 6.23. The third-order valence-electron chi connectivity index (χ3n) is 7.31. The van der Waals surface area contributed by atoms with E-state index in [0.29, 0.717) is 46.6 Å². The molecule has 0 unspecified atom stereocenters. The van der Waals surface area contributed by atoms with Crippen LogP contribution in [0.2, 0.25) is 10.0 Å². The topological polar surface area (TPSA) is 72.6 Å². The summed E-state index contributed by atoms with van der Waals surface area (Å²) in [5, 5.41) is 1.03. The second-order valence-corrected chi connectivity index (χ2v) is 11.5. The number of ether oxygens (including phenoxy) is 1. The van der Waals surface area contributed by atoms with E-state index in [1.807, 2.05) is 66.7 Å². The Morgan fingerprint density at radius 3 is 2.30 bits per heavy atom. The van der Waals surface area contributed by atoms with Crippen molar-refractivity contribution in [3.8, 4) is 39.7 Å². The Bertz CT molecular complexity index is 1580. The van der Waals surface area contributed by atoms with E-state index >= 15 is 0 Å². The first-order chi connectivity index (χ1) is 19.3. The van der Waals surface area contributed by atoms with Crippen LogP contribution in [0.25, 0.3) is 21.6 Å². The van der Waals surface area contributed by atoms with E-state index in [1.54, 1.807) is 17.0 Å². The minimum atomic E-state index is -0.788. The van der Waals surface area contributed by atoms with Gasteiger partial charge in [0.1, 0.15) is 12.4 Å². The average Bonchev–Trinajstić information content (AvgIpc) is 3.41. The first-order valence-electron chi connectivity index (χ1n) is 12.7. The van der Waals surface area contributed by atoms with Crippen LogP contribution in [-0.4, -0.2) is 36.4 Å². The van der Waals surface area contributed by atoms with Gasteiger partial charge in [0.25, 0.3) is 5.91 Å². The highest BCUT2D eigenvalue weighted by Crippen LogP contribution is 2.44. The highest BCUT2D eigenvalue weighted by atomic mass is 35.5. The maximum Gasteiger partial charge on any atom is 0.263 e. The number of nitrogens with two attached hydrogens (primary N) is 1. The minimum Gasteiger partial charge on any atom is -0.481 e. The van der Waals surface area contributed by atoms with E-state index in [0.717, 1.165) is 27.1 Å². The van der Waals surface area contributed by atoms with Gasteiger partial charge >= 0.3 is 0 Å². The van der Waals surface area contributed by atoms with Crippen molar-refractivity contribution in [1.82, 2.24) is 4.90 Å². The fourth-order valence-electron chi connectivity index (χ4n) is 5.12. The maximum atomic E-state index is 13.8. The first kappa shape index (κ1) is 27.8. The number of benzene rings is 3. The SMILES string of the molecule is C#CCOc1ccc(-c2cc(C(=O)N3CCC(C(N)=O)(c4ccccc4)CC3)sc2-c2ccc(Cl)cc2Cl)cc1. The van der Waals surface area contributed by atoms with E-state index in [2.05, 4.69) is 5.92 Å². The molecular formula is C32H26Cl2N2O3S. The molecule has 2 heterocycles. The Morgan fingerprint density at radius 2 is 1.68 bits per heavy atom. The van der Waals surface area contributed by atoms with Gasteiger partial charge in [-0.15, -0.1) is 17.8 Å². The van der Waals surface area contributed by atoms with Gasteiger partial charge in [-0.2, -0.15) is 0 Å². The third kappa shape index (κ3) is 5.46. The summed E-state index contributed by atoms with van der Waals surface area (Å²) in [5.41, 5.74) is 8.56. The van der Waals surface area contributed by atoms with Crippen molar-refractivity contribution >= 4 is 46.4 Å². The normalized spacial score (nSPS) is 14.4. The second kappa shape index (κ2) is 11.8. The number of carbonyl (C=O) groups excluding carboxylic acids is 2. The Labute approximate surface area is 247 Å². The molecule has 5 rings (SSSR count). The fourth-order valence-corrected chi connectivity index (χ4v) is 6.87. The number of hydrogen-bond acceptors (Lipinski definition) is 4. The molecule has 5 nitrogen and oxygen atoms in total. The van der Waals surface area contributed by atoms with Crippen LogP contribution in [0.4, 0.5) is 0 Å². The lowest BCUT2D eigenvalue weighted by Gasteiger charge is -2.40. The molecule has 0 atom stereocenters. The predicted octanol–water partition coefficient (Wildman–Crippen LogP) is 7.06. The fraction of sp³-hybridized carbons (Fsp3) is 0.188. The molecule has 3 aromatic carbocycles. The molecule has 40 heavy (non-hydrogen) atoms. The van der Waals surface area contributed by atoms with Crippen molar-refractivity contribution in [2.45, 2.75) is 18.3 Å². The van der Waals surface area contributed by atoms with Gasteiger partial charge in [0.2, 0.25) is 5.91 Å². The lowest BCUT2D eigenvalue weighted by atomic mass is 9.72. The van der Waals surface area contributed by atoms with Gasteiger partial charge < -0.3 is 15.4 Å². The number of hydrogen-bond donors (Lipinski definition) is 1. The summed E-state index contributed by atoms with van der Waals surface area (Å²) in [7, 11) is 0. The number of terminal acetylenes is 1. The molecule has 1 aliphatic rings.